The van der Waals surface area contributed by atoms with E-state index < -0.39 is 0 Å². The lowest BCUT2D eigenvalue weighted by Gasteiger charge is -2.13. The van der Waals surface area contributed by atoms with Crippen LogP contribution in [0.5, 0.6) is 0 Å². The summed E-state index contributed by atoms with van der Waals surface area (Å²) in [6.45, 7) is 6.08. The van der Waals surface area contributed by atoms with Crippen molar-refractivity contribution in [2.24, 2.45) is 11.8 Å². The van der Waals surface area contributed by atoms with Crippen molar-refractivity contribution in [2.45, 2.75) is 58.8 Å². The number of aromatic amines is 1. The van der Waals surface area contributed by atoms with E-state index in [1.54, 1.807) is 0 Å². The Balaban J connectivity index is 1.57. The molecule has 6 heteroatoms. The molecule has 1 saturated carbocycles. The van der Waals surface area contributed by atoms with Crippen LogP contribution in [-0.2, 0) is 22.4 Å². The Bertz CT molecular complexity index is 795. The SMILES string of the molecule is CC(C)Cc1nc(NC(=O)[C@@H](C)c2ccc(C[C@@H]3CCCC3=O)cc2)n[nH]1. The highest BCUT2D eigenvalue weighted by atomic mass is 16.2. The molecule has 0 spiro atoms. The number of amides is 1. The summed E-state index contributed by atoms with van der Waals surface area (Å²) in [6, 6.07) is 8.00. The molecule has 1 aromatic heterocycles. The summed E-state index contributed by atoms with van der Waals surface area (Å²) in [4.78, 5) is 28.6. The summed E-state index contributed by atoms with van der Waals surface area (Å²) in [5.74, 6) is 1.68. The predicted octanol–water partition coefficient (Wildman–Crippen LogP) is 3.66. The number of hydrogen-bond donors (Lipinski definition) is 2. The van der Waals surface area contributed by atoms with Crippen LogP contribution in [-0.4, -0.2) is 26.9 Å². The van der Waals surface area contributed by atoms with Gasteiger partial charge < -0.3 is 0 Å². The molecule has 1 aliphatic rings. The van der Waals surface area contributed by atoms with Gasteiger partial charge in [-0.1, -0.05) is 38.1 Å². The summed E-state index contributed by atoms with van der Waals surface area (Å²) in [7, 11) is 0. The second-order valence-electron chi connectivity index (χ2n) is 7.92. The van der Waals surface area contributed by atoms with E-state index in [0.29, 0.717) is 17.6 Å². The molecule has 1 heterocycles. The molecular formula is C21H28N4O2. The quantitative estimate of drug-likeness (QED) is 0.781. The van der Waals surface area contributed by atoms with Crippen LogP contribution < -0.4 is 5.32 Å². The summed E-state index contributed by atoms with van der Waals surface area (Å²) < 4.78 is 0. The topological polar surface area (TPSA) is 87.7 Å². The molecule has 0 radical (unpaired) electrons. The average Bonchev–Trinajstić information content (AvgIpc) is 3.23. The number of anilines is 1. The molecule has 0 aliphatic heterocycles. The average molecular weight is 368 g/mol. The number of carbonyl (C=O) groups excluding carboxylic acids is 2. The first kappa shape index (κ1) is 19.3. The first-order valence-corrected chi connectivity index (χ1v) is 9.76. The number of nitrogens with zero attached hydrogens (tertiary/aromatic N) is 2. The maximum absolute atomic E-state index is 12.5. The number of hydrogen-bond acceptors (Lipinski definition) is 4. The van der Waals surface area contributed by atoms with Crippen molar-refractivity contribution in [1.29, 1.82) is 0 Å². The van der Waals surface area contributed by atoms with Gasteiger partial charge in [-0.15, -0.1) is 5.10 Å². The maximum atomic E-state index is 12.5. The number of rotatable bonds is 7. The van der Waals surface area contributed by atoms with Gasteiger partial charge >= 0.3 is 0 Å². The van der Waals surface area contributed by atoms with Gasteiger partial charge in [0.2, 0.25) is 11.9 Å². The van der Waals surface area contributed by atoms with E-state index >= 15 is 0 Å². The molecule has 2 aromatic rings. The molecular weight excluding hydrogens is 340 g/mol. The Labute approximate surface area is 160 Å². The van der Waals surface area contributed by atoms with Crippen LogP contribution in [0.4, 0.5) is 5.95 Å². The lowest BCUT2D eigenvalue weighted by molar-refractivity contribution is -0.120. The highest BCUT2D eigenvalue weighted by Crippen LogP contribution is 2.26. The van der Waals surface area contributed by atoms with Gasteiger partial charge in [-0.2, -0.15) is 4.98 Å². The minimum absolute atomic E-state index is 0.135. The molecule has 6 nitrogen and oxygen atoms in total. The molecule has 1 aliphatic carbocycles. The second kappa shape index (κ2) is 8.46. The normalized spacial score (nSPS) is 18.1. The van der Waals surface area contributed by atoms with Crippen LogP contribution in [0.15, 0.2) is 24.3 Å². The van der Waals surface area contributed by atoms with Crippen molar-refractivity contribution in [2.75, 3.05) is 5.32 Å². The molecule has 27 heavy (non-hydrogen) atoms. The van der Waals surface area contributed by atoms with Gasteiger partial charge in [0, 0.05) is 18.8 Å². The molecule has 1 amide bonds. The molecule has 0 unspecified atom stereocenters. The summed E-state index contributed by atoms with van der Waals surface area (Å²) >= 11 is 0. The van der Waals surface area contributed by atoms with Gasteiger partial charge in [0.1, 0.15) is 11.6 Å². The van der Waals surface area contributed by atoms with Crippen LogP contribution in [0.1, 0.15) is 62.9 Å². The van der Waals surface area contributed by atoms with Gasteiger partial charge in [0.15, 0.2) is 0 Å². The standard InChI is InChI=1S/C21H28N4O2/c1-13(2)11-19-22-21(25-24-19)23-20(27)14(3)16-9-7-15(8-10-16)12-17-5-4-6-18(17)26/h7-10,13-14,17H,4-6,11-12H2,1-3H3,(H2,22,23,24,25,27)/t14-,17-/m0/s1. The molecule has 1 aromatic carbocycles. The number of Topliss-reactive ketones (excluding diaryl/α,β-unsaturated/α-hetero) is 1. The molecule has 3 rings (SSSR count). The van der Waals surface area contributed by atoms with Crippen molar-refractivity contribution in [3.8, 4) is 0 Å². The number of H-pyrrole nitrogens is 1. The van der Waals surface area contributed by atoms with E-state index in [1.165, 1.54) is 0 Å². The molecule has 2 atom stereocenters. The number of aromatic nitrogens is 3. The summed E-state index contributed by atoms with van der Waals surface area (Å²) in [6.07, 6.45) is 4.33. The van der Waals surface area contributed by atoms with E-state index in [4.69, 9.17) is 0 Å². The molecule has 0 saturated heterocycles. The minimum Gasteiger partial charge on any atom is -0.299 e. The zero-order valence-corrected chi connectivity index (χ0v) is 16.3. The van der Waals surface area contributed by atoms with E-state index in [0.717, 1.165) is 49.1 Å². The summed E-state index contributed by atoms with van der Waals surface area (Å²) in [5, 5.41) is 9.70. The largest absolute Gasteiger partial charge is 0.299 e. The van der Waals surface area contributed by atoms with Crippen molar-refractivity contribution >= 4 is 17.6 Å². The number of ketones is 1. The van der Waals surface area contributed by atoms with Crippen LogP contribution in [0, 0.1) is 11.8 Å². The number of nitrogens with one attached hydrogen (secondary N) is 2. The Morgan fingerprint density at radius 2 is 2.00 bits per heavy atom. The van der Waals surface area contributed by atoms with Gasteiger partial charge in [0.25, 0.3) is 0 Å². The minimum atomic E-state index is -0.306. The third kappa shape index (κ3) is 5.02. The lowest BCUT2D eigenvalue weighted by Crippen LogP contribution is -2.19. The Hall–Kier alpha value is -2.50. The molecule has 144 valence electrons. The van der Waals surface area contributed by atoms with E-state index in [9.17, 15) is 9.59 Å². The monoisotopic (exact) mass is 368 g/mol. The summed E-state index contributed by atoms with van der Waals surface area (Å²) in [5.41, 5.74) is 2.09. The van der Waals surface area contributed by atoms with Gasteiger partial charge in [-0.05, 0) is 43.2 Å². The number of carbonyl (C=O) groups is 2. The zero-order valence-electron chi connectivity index (χ0n) is 16.3. The zero-order chi connectivity index (χ0) is 19.4. The Morgan fingerprint density at radius 3 is 2.63 bits per heavy atom. The molecule has 2 N–H and O–H groups in total. The Kier molecular flexibility index (Phi) is 6.04. The highest BCUT2D eigenvalue weighted by Gasteiger charge is 2.24. The fourth-order valence-electron chi connectivity index (χ4n) is 3.53. The van der Waals surface area contributed by atoms with E-state index in [-0.39, 0.29) is 17.7 Å². The van der Waals surface area contributed by atoms with Gasteiger partial charge in [-0.3, -0.25) is 20.0 Å². The molecule has 1 fully saturated rings. The third-order valence-electron chi connectivity index (χ3n) is 5.15. The third-order valence-corrected chi connectivity index (χ3v) is 5.15. The van der Waals surface area contributed by atoms with Crippen molar-refractivity contribution in [3.63, 3.8) is 0 Å². The van der Waals surface area contributed by atoms with Crippen LogP contribution in [0.3, 0.4) is 0 Å². The van der Waals surface area contributed by atoms with E-state index in [1.807, 2.05) is 31.2 Å². The van der Waals surface area contributed by atoms with Crippen LogP contribution >= 0.6 is 0 Å². The maximum Gasteiger partial charge on any atom is 0.248 e. The van der Waals surface area contributed by atoms with Crippen LogP contribution in [0.25, 0.3) is 0 Å². The van der Waals surface area contributed by atoms with Crippen molar-refractivity contribution in [3.05, 3.63) is 41.2 Å². The first-order valence-electron chi connectivity index (χ1n) is 9.76. The lowest BCUT2D eigenvalue weighted by atomic mass is 9.94. The Morgan fingerprint density at radius 1 is 1.26 bits per heavy atom. The molecule has 0 bridgehead atoms. The predicted molar refractivity (Wildman–Crippen MR) is 104 cm³/mol. The highest BCUT2D eigenvalue weighted by molar-refractivity contribution is 5.94. The van der Waals surface area contributed by atoms with Gasteiger partial charge in [0.05, 0.1) is 5.92 Å². The second-order valence-corrected chi connectivity index (χ2v) is 7.92. The smallest absolute Gasteiger partial charge is 0.248 e. The van der Waals surface area contributed by atoms with E-state index in [2.05, 4.69) is 34.3 Å². The van der Waals surface area contributed by atoms with Crippen molar-refractivity contribution in [1.82, 2.24) is 15.2 Å². The fourth-order valence-corrected chi connectivity index (χ4v) is 3.53. The first-order chi connectivity index (χ1) is 12.9. The van der Waals surface area contributed by atoms with Gasteiger partial charge in [-0.25, -0.2) is 0 Å². The number of benzene rings is 1. The fraction of sp³-hybridized carbons (Fsp3) is 0.524. The van der Waals surface area contributed by atoms with Crippen LogP contribution in [0.2, 0.25) is 0 Å². The van der Waals surface area contributed by atoms with Crippen molar-refractivity contribution < 1.29 is 9.59 Å².